The van der Waals surface area contributed by atoms with Gasteiger partial charge in [-0.2, -0.15) is 0 Å². The average Bonchev–Trinajstić information content (AvgIpc) is 3.19. The van der Waals surface area contributed by atoms with Crippen molar-refractivity contribution in [2.24, 2.45) is 0 Å². The number of sulfonamides is 1. The Hall–Kier alpha value is -2.94. The molecule has 0 saturated heterocycles. The summed E-state index contributed by atoms with van der Waals surface area (Å²) in [6.07, 6.45) is 3.46. The molecule has 170 valence electrons. The number of anilines is 1. The van der Waals surface area contributed by atoms with Crippen LogP contribution in [0, 0.1) is 5.82 Å². The number of rotatable bonds is 7. The molecule has 4 rings (SSSR count). The first-order valence-electron chi connectivity index (χ1n) is 9.96. The summed E-state index contributed by atoms with van der Waals surface area (Å²) < 4.78 is 41.3. The highest BCUT2D eigenvalue weighted by atomic mass is 35.5. The van der Waals surface area contributed by atoms with Gasteiger partial charge in [0.1, 0.15) is 11.5 Å². The number of nitrogens with zero attached hydrogens (tertiary/aromatic N) is 1. The molecule has 0 bridgehead atoms. The maximum absolute atomic E-state index is 14.7. The van der Waals surface area contributed by atoms with E-state index in [4.69, 9.17) is 23.2 Å². The van der Waals surface area contributed by atoms with Crippen LogP contribution in [0.25, 0.3) is 22.2 Å². The zero-order valence-electron chi connectivity index (χ0n) is 17.3. The summed E-state index contributed by atoms with van der Waals surface area (Å²) in [4.78, 5) is 20.6. The van der Waals surface area contributed by atoms with Gasteiger partial charge in [0.15, 0.2) is 5.78 Å². The minimum atomic E-state index is -3.68. The van der Waals surface area contributed by atoms with Gasteiger partial charge < -0.3 is 4.98 Å². The SMILES string of the molecule is CCCS(=O)(=O)Nc1ccc(F)c(C(=O)c2c[nH]c3ncc(-c4ccc(Cl)cc4)cc23)c1Cl. The second-order valence-corrected chi connectivity index (χ2v) is 10.0. The first-order valence-corrected chi connectivity index (χ1v) is 12.4. The Morgan fingerprint density at radius 1 is 1.12 bits per heavy atom. The number of carbonyl (C=O) groups excluding carboxylic acids is 1. The number of fused-ring (bicyclic) bond motifs is 1. The molecule has 2 heterocycles. The van der Waals surface area contributed by atoms with Gasteiger partial charge in [0.05, 0.1) is 22.0 Å². The number of halogens is 3. The van der Waals surface area contributed by atoms with E-state index < -0.39 is 27.2 Å². The maximum Gasteiger partial charge on any atom is 0.232 e. The highest BCUT2D eigenvalue weighted by Gasteiger charge is 2.24. The van der Waals surface area contributed by atoms with Crippen molar-refractivity contribution in [3.63, 3.8) is 0 Å². The molecular weight excluding hydrogens is 488 g/mol. The fraction of sp³-hybridized carbons (Fsp3) is 0.130. The predicted octanol–water partition coefficient (Wildman–Crippen LogP) is 6.06. The van der Waals surface area contributed by atoms with Crippen LogP contribution in [0.4, 0.5) is 10.1 Å². The van der Waals surface area contributed by atoms with E-state index in [0.29, 0.717) is 22.5 Å². The lowest BCUT2D eigenvalue weighted by Gasteiger charge is -2.12. The van der Waals surface area contributed by atoms with Crippen LogP contribution in [-0.2, 0) is 10.0 Å². The number of benzene rings is 2. The zero-order chi connectivity index (χ0) is 23.8. The van der Waals surface area contributed by atoms with Crippen LogP contribution in [0.5, 0.6) is 0 Å². The van der Waals surface area contributed by atoms with E-state index >= 15 is 0 Å². The maximum atomic E-state index is 14.7. The molecule has 0 radical (unpaired) electrons. The van der Waals surface area contributed by atoms with Gasteiger partial charge in [0, 0.05) is 33.9 Å². The third-order valence-corrected chi connectivity index (χ3v) is 7.13. The average molecular weight is 506 g/mol. The van der Waals surface area contributed by atoms with Crippen molar-refractivity contribution in [2.45, 2.75) is 13.3 Å². The highest BCUT2D eigenvalue weighted by Crippen LogP contribution is 2.33. The number of carbonyl (C=O) groups is 1. The Morgan fingerprint density at radius 3 is 2.55 bits per heavy atom. The third-order valence-electron chi connectivity index (χ3n) is 5.01. The largest absolute Gasteiger partial charge is 0.345 e. The number of nitrogens with one attached hydrogen (secondary N) is 2. The standard InChI is InChI=1S/C23H18Cl2FN3O3S/c1-2-9-33(31,32)29-19-8-7-18(26)20(21(19)25)22(30)17-12-28-23-16(17)10-14(11-27-23)13-3-5-15(24)6-4-13/h3-8,10-12,29H,2,9H2,1H3,(H,27,28). The van der Waals surface area contributed by atoms with Crippen molar-refractivity contribution in [2.75, 3.05) is 10.5 Å². The first kappa shape index (κ1) is 23.2. The summed E-state index contributed by atoms with van der Waals surface area (Å²) in [6, 6.07) is 11.1. The molecule has 0 atom stereocenters. The topological polar surface area (TPSA) is 91.9 Å². The van der Waals surface area contributed by atoms with Crippen molar-refractivity contribution in [3.05, 3.63) is 81.8 Å². The molecule has 0 fully saturated rings. The van der Waals surface area contributed by atoms with Gasteiger partial charge >= 0.3 is 0 Å². The van der Waals surface area contributed by atoms with Crippen LogP contribution in [0.15, 0.2) is 54.9 Å². The summed E-state index contributed by atoms with van der Waals surface area (Å²) in [7, 11) is -3.68. The molecule has 2 aromatic carbocycles. The molecule has 2 N–H and O–H groups in total. The first-order chi connectivity index (χ1) is 15.7. The van der Waals surface area contributed by atoms with Gasteiger partial charge in [-0.25, -0.2) is 17.8 Å². The number of aromatic amines is 1. The number of hydrogen-bond donors (Lipinski definition) is 2. The fourth-order valence-corrected chi connectivity index (χ4v) is 5.07. The zero-order valence-corrected chi connectivity index (χ0v) is 19.7. The van der Waals surface area contributed by atoms with E-state index in [0.717, 1.165) is 17.2 Å². The normalized spacial score (nSPS) is 11.6. The number of ketones is 1. The molecular formula is C23H18Cl2FN3O3S. The Kier molecular flexibility index (Phi) is 6.43. The van der Waals surface area contributed by atoms with Crippen LogP contribution in [-0.4, -0.2) is 29.9 Å². The minimum Gasteiger partial charge on any atom is -0.345 e. The Morgan fingerprint density at radius 2 is 1.85 bits per heavy atom. The van der Waals surface area contributed by atoms with Crippen LogP contribution in [0.1, 0.15) is 29.3 Å². The van der Waals surface area contributed by atoms with Crippen LogP contribution < -0.4 is 4.72 Å². The second kappa shape index (κ2) is 9.13. The molecule has 0 spiro atoms. The summed E-state index contributed by atoms with van der Waals surface area (Å²) in [5.41, 5.74) is 1.68. The predicted molar refractivity (Wildman–Crippen MR) is 129 cm³/mol. The van der Waals surface area contributed by atoms with E-state index in [1.165, 1.54) is 12.3 Å². The Labute approximate surface area is 199 Å². The quantitative estimate of drug-likeness (QED) is 0.298. The molecule has 0 unspecified atom stereocenters. The molecule has 2 aromatic heterocycles. The van der Waals surface area contributed by atoms with Crippen molar-refractivity contribution in [1.29, 1.82) is 0 Å². The minimum absolute atomic E-state index is 0.0605. The molecule has 0 amide bonds. The molecule has 33 heavy (non-hydrogen) atoms. The van der Waals surface area contributed by atoms with Gasteiger partial charge in [-0.3, -0.25) is 9.52 Å². The second-order valence-electron chi connectivity index (χ2n) is 7.36. The lowest BCUT2D eigenvalue weighted by atomic mass is 10.00. The number of pyridine rings is 1. The number of hydrogen-bond acceptors (Lipinski definition) is 4. The van der Waals surface area contributed by atoms with Gasteiger partial charge in [0.2, 0.25) is 10.0 Å². The number of aromatic nitrogens is 2. The van der Waals surface area contributed by atoms with Crippen molar-refractivity contribution < 1.29 is 17.6 Å². The van der Waals surface area contributed by atoms with Crippen molar-refractivity contribution in [3.8, 4) is 11.1 Å². The monoisotopic (exact) mass is 505 g/mol. The molecule has 0 aliphatic heterocycles. The number of H-pyrrole nitrogens is 1. The van der Waals surface area contributed by atoms with Gasteiger partial charge in [0.25, 0.3) is 0 Å². The third kappa shape index (κ3) is 4.73. The van der Waals surface area contributed by atoms with E-state index in [-0.39, 0.29) is 22.0 Å². The van der Waals surface area contributed by atoms with E-state index in [1.54, 1.807) is 31.3 Å². The smallest absolute Gasteiger partial charge is 0.232 e. The van der Waals surface area contributed by atoms with E-state index in [2.05, 4.69) is 14.7 Å². The van der Waals surface area contributed by atoms with E-state index in [1.807, 2.05) is 12.1 Å². The Balaban J connectivity index is 1.78. The molecule has 0 saturated carbocycles. The van der Waals surface area contributed by atoms with Gasteiger partial charge in [-0.1, -0.05) is 42.3 Å². The van der Waals surface area contributed by atoms with Crippen LogP contribution >= 0.6 is 23.2 Å². The molecule has 0 aliphatic rings. The molecule has 10 heteroatoms. The van der Waals surface area contributed by atoms with Gasteiger partial charge in [-0.05, 0) is 42.3 Å². The van der Waals surface area contributed by atoms with E-state index in [9.17, 15) is 17.6 Å². The van der Waals surface area contributed by atoms with Crippen molar-refractivity contribution in [1.82, 2.24) is 9.97 Å². The fourth-order valence-electron chi connectivity index (χ4n) is 3.45. The molecule has 4 aromatic rings. The summed E-state index contributed by atoms with van der Waals surface area (Å²) >= 11 is 12.3. The summed E-state index contributed by atoms with van der Waals surface area (Å²) in [5, 5.41) is 0.751. The summed E-state index contributed by atoms with van der Waals surface area (Å²) in [6.45, 7) is 1.71. The molecule has 6 nitrogen and oxygen atoms in total. The lowest BCUT2D eigenvalue weighted by Crippen LogP contribution is -2.17. The Bertz CT molecular complexity index is 1470. The van der Waals surface area contributed by atoms with Gasteiger partial charge in [-0.15, -0.1) is 0 Å². The summed E-state index contributed by atoms with van der Waals surface area (Å²) in [5.74, 6) is -1.69. The van der Waals surface area contributed by atoms with Crippen LogP contribution in [0.2, 0.25) is 10.0 Å². The highest BCUT2D eigenvalue weighted by molar-refractivity contribution is 7.92. The molecule has 0 aliphatic carbocycles. The van der Waals surface area contributed by atoms with Crippen molar-refractivity contribution >= 4 is 55.7 Å². The van der Waals surface area contributed by atoms with Crippen LogP contribution in [0.3, 0.4) is 0 Å². The lowest BCUT2D eigenvalue weighted by molar-refractivity contribution is 0.103.